The number of benzene rings is 2. The molecule has 8 heteroatoms. The van der Waals surface area contributed by atoms with Gasteiger partial charge in [0.2, 0.25) is 11.7 Å². The molecule has 158 valence electrons. The highest BCUT2D eigenvalue weighted by Gasteiger charge is 2.18. The lowest BCUT2D eigenvalue weighted by molar-refractivity contribution is -0.127. The van der Waals surface area contributed by atoms with E-state index in [1.54, 1.807) is 39.3 Å². The molecule has 0 aliphatic rings. The van der Waals surface area contributed by atoms with Crippen molar-refractivity contribution in [2.45, 2.75) is 33.4 Å². The smallest absolute Gasteiger partial charge is 0.261 e. The Balaban J connectivity index is 1.62. The number of aryl methyl sites for hydroxylation is 1. The third kappa shape index (κ3) is 4.71. The summed E-state index contributed by atoms with van der Waals surface area (Å²) in [5.41, 5.74) is 2.77. The Bertz CT molecular complexity index is 1030. The van der Waals surface area contributed by atoms with Crippen molar-refractivity contribution in [1.29, 1.82) is 0 Å². The molecule has 30 heavy (non-hydrogen) atoms. The zero-order valence-electron chi connectivity index (χ0n) is 17.7. The van der Waals surface area contributed by atoms with Crippen LogP contribution in [0.1, 0.15) is 23.9 Å². The van der Waals surface area contributed by atoms with Crippen molar-refractivity contribution < 1.29 is 23.5 Å². The van der Waals surface area contributed by atoms with Gasteiger partial charge >= 0.3 is 0 Å². The first-order valence-electron chi connectivity index (χ1n) is 9.48. The number of hydrogen-bond acceptors (Lipinski definition) is 7. The lowest BCUT2D eigenvalue weighted by Gasteiger charge is -2.16. The number of nitrogens with one attached hydrogen (secondary N) is 1. The molecule has 0 spiro atoms. The molecule has 0 saturated carbocycles. The molecular weight excluding hydrogens is 386 g/mol. The molecule has 0 aliphatic carbocycles. The van der Waals surface area contributed by atoms with E-state index in [4.69, 9.17) is 18.7 Å². The molecule has 0 fully saturated rings. The van der Waals surface area contributed by atoms with Gasteiger partial charge in [0.1, 0.15) is 17.2 Å². The number of carbonyl (C=O) groups excluding carboxylic acids is 1. The fourth-order valence-corrected chi connectivity index (χ4v) is 2.82. The molecule has 8 nitrogen and oxygen atoms in total. The molecular formula is C22H25N3O5. The third-order valence-corrected chi connectivity index (χ3v) is 4.76. The minimum Gasteiger partial charge on any atom is -0.497 e. The molecule has 2 aromatic carbocycles. The Morgan fingerprint density at radius 3 is 2.67 bits per heavy atom. The first kappa shape index (κ1) is 21.2. The number of carbonyl (C=O) groups is 1. The maximum absolute atomic E-state index is 12.4. The van der Waals surface area contributed by atoms with Gasteiger partial charge in [0, 0.05) is 6.07 Å². The summed E-state index contributed by atoms with van der Waals surface area (Å²) in [5, 5.41) is 6.73. The van der Waals surface area contributed by atoms with Crippen LogP contribution in [0.25, 0.3) is 11.4 Å². The van der Waals surface area contributed by atoms with E-state index in [0.717, 1.165) is 11.1 Å². The zero-order chi connectivity index (χ0) is 21.7. The van der Waals surface area contributed by atoms with Crippen LogP contribution in [0.5, 0.6) is 17.2 Å². The molecule has 0 radical (unpaired) electrons. The largest absolute Gasteiger partial charge is 0.497 e. The van der Waals surface area contributed by atoms with Gasteiger partial charge in [-0.3, -0.25) is 4.79 Å². The van der Waals surface area contributed by atoms with Crippen molar-refractivity contribution in [3.05, 3.63) is 53.4 Å². The predicted molar refractivity (Wildman–Crippen MR) is 111 cm³/mol. The van der Waals surface area contributed by atoms with Crippen molar-refractivity contribution >= 4 is 5.91 Å². The second-order valence-corrected chi connectivity index (χ2v) is 6.75. The van der Waals surface area contributed by atoms with E-state index in [1.807, 2.05) is 32.0 Å². The van der Waals surface area contributed by atoms with E-state index in [2.05, 4.69) is 15.5 Å². The van der Waals surface area contributed by atoms with Crippen LogP contribution < -0.4 is 19.5 Å². The highest BCUT2D eigenvalue weighted by Crippen LogP contribution is 2.31. The first-order chi connectivity index (χ1) is 14.4. The Kier molecular flexibility index (Phi) is 6.56. The second-order valence-electron chi connectivity index (χ2n) is 6.75. The summed E-state index contributed by atoms with van der Waals surface area (Å²) in [7, 11) is 3.13. The van der Waals surface area contributed by atoms with Crippen molar-refractivity contribution in [2.75, 3.05) is 14.2 Å². The normalized spacial score (nSPS) is 11.6. The number of nitrogens with zero attached hydrogens (tertiary/aromatic N) is 2. The van der Waals surface area contributed by atoms with E-state index < -0.39 is 6.10 Å². The molecule has 0 unspecified atom stereocenters. The van der Waals surface area contributed by atoms with Crippen LogP contribution in [-0.2, 0) is 11.3 Å². The average molecular weight is 411 g/mol. The molecule has 3 rings (SSSR count). The Morgan fingerprint density at radius 2 is 1.93 bits per heavy atom. The zero-order valence-corrected chi connectivity index (χ0v) is 17.7. The minimum atomic E-state index is -0.672. The van der Waals surface area contributed by atoms with E-state index in [1.165, 1.54) is 0 Å². The lowest BCUT2D eigenvalue weighted by Crippen LogP contribution is -2.36. The molecule has 1 atom stereocenters. The molecule has 1 N–H and O–H groups in total. The average Bonchev–Trinajstić information content (AvgIpc) is 3.23. The SMILES string of the molecule is COc1ccc(-c2noc(CNC(=O)[C@@H](C)Oc3cccc(C)c3C)n2)c(OC)c1. The summed E-state index contributed by atoms with van der Waals surface area (Å²) in [6.07, 6.45) is -0.672. The maximum Gasteiger partial charge on any atom is 0.261 e. The van der Waals surface area contributed by atoms with Crippen molar-refractivity contribution in [3.63, 3.8) is 0 Å². The maximum atomic E-state index is 12.4. The topological polar surface area (TPSA) is 95.7 Å². The summed E-state index contributed by atoms with van der Waals surface area (Å²) >= 11 is 0. The van der Waals surface area contributed by atoms with Gasteiger partial charge in [-0.2, -0.15) is 4.98 Å². The number of amides is 1. The highest BCUT2D eigenvalue weighted by molar-refractivity contribution is 5.80. The minimum absolute atomic E-state index is 0.0881. The predicted octanol–water partition coefficient (Wildman–Crippen LogP) is 3.45. The van der Waals surface area contributed by atoms with Crippen molar-refractivity contribution in [2.24, 2.45) is 0 Å². The Morgan fingerprint density at radius 1 is 1.13 bits per heavy atom. The van der Waals surface area contributed by atoms with Crippen LogP contribution in [0, 0.1) is 13.8 Å². The standard InChI is InChI=1S/C22H25N3O5/c1-13-7-6-8-18(14(13)2)29-15(3)22(26)23-12-20-24-21(25-30-20)17-10-9-16(27-4)11-19(17)28-5/h6-11,15H,12H2,1-5H3,(H,23,26)/t15-/m1/s1. The molecule has 1 aromatic heterocycles. The number of methoxy groups -OCH3 is 2. The summed E-state index contributed by atoms with van der Waals surface area (Å²) in [6.45, 7) is 5.74. The summed E-state index contributed by atoms with van der Waals surface area (Å²) in [5.74, 6) is 2.25. The number of rotatable bonds is 8. The van der Waals surface area contributed by atoms with Crippen molar-refractivity contribution in [1.82, 2.24) is 15.5 Å². The molecule has 0 aliphatic heterocycles. The fraction of sp³-hybridized carbons (Fsp3) is 0.318. The van der Waals surface area contributed by atoms with Crippen LogP contribution in [0.4, 0.5) is 0 Å². The van der Waals surface area contributed by atoms with Gasteiger partial charge in [-0.05, 0) is 50.1 Å². The number of ether oxygens (including phenoxy) is 3. The van der Waals surface area contributed by atoms with Crippen LogP contribution in [0.15, 0.2) is 40.9 Å². The van der Waals surface area contributed by atoms with Gasteiger partial charge in [0.05, 0.1) is 26.3 Å². The Labute approximate surface area is 175 Å². The van der Waals surface area contributed by atoms with Gasteiger partial charge < -0.3 is 24.1 Å². The van der Waals surface area contributed by atoms with E-state index in [-0.39, 0.29) is 18.3 Å². The quantitative estimate of drug-likeness (QED) is 0.606. The number of aromatic nitrogens is 2. The lowest BCUT2D eigenvalue weighted by atomic mass is 10.1. The summed E-state index contributed by atoms with van der Waals surface area (Å²) < 4.78 is 21.6. The Hall–Kier alpha value is -3.55. The third-order valence-electron chi connectivity index (χ3n) is 4.76. The van der Waals surface area contributed by atoms with Crippen LogP contribution in [0.3, 0.4) is 0 Å². The van der Waals surface area contributed by atoms with Crippen LogP contribution in [-0.4, -0.2) is 36.4 Å². The molecule has 3 aromatic rings. The van der Waals surface area contributed by atoms with Gasteiger partial charge in [-0.15, -0.1) is 0 Å². The summed E-state index contributed by atoms with van der Waals surface area (Å²) in [4.78, 5) is 16.7. The van der Waals surface area contributed by atoms with Crippen LogP contribution in [0.2, 0.25) is 0 Å². The van der Waals surface area contributed by atoms with Gasteiger partial charge in [0.15, 0.2) is 6.10 Å². The van der Waals surface area contributed by atoms with Gasteiger partial charge in [0.25, 0.3) is 5.91 Å². The monoisotopic (exact) mass is 411 g/mol. The molecule has 1 heterocycles. The van der Waals surface area contributed by atoms with Crippen molar-refractivity contribution in [3.8, 4) is 28.6 Å². The number of hydrogen-bond donors (Lipinski definition) is 1. The second kappa shape index (κ2) is 9.30. The first-order valence-corrected chi connectivity index (χ1v) is 9.48. The van der Waals surface area contributed by atoms with E-state index in [0.29, 0.717) is 28.6 Å². The molecule has 1 amide bonds. The molecule has 0 saturated heterocycles. The summed E-state index contributed by atoms with van der Waals surface area (Å²) in [6, 6.07) is 11.0. The van der Waals surface area contributed by atoms with E-state index >= 15 is 0 Å². The van der Waals surface area contributed by atoms with Crippen LogP contribution >= 0.6 is 0 Å². The van der Waals surface area contributed by atoms with E-state index in [9.17, 15) is 4.79 Å². The fourth-order valence-electron chi connectivity index (χ4n) is 2.82. The molecule has 0 bridgehead atoms. The highest BCUT2D eigenvalue weighted by atomic mass is 16.5. The van der Waals surface area contributed by atoms with Gasteiger partial charge in [-0.25, -0.2) is 0 Å². The van der Waals surface area contributed by atoms with Gasteiger partial charge in [-0.1, -0.05) is 17.3 Å².